The number of halogens is 1. The summed E-state index contributed by atoms with van der Waals surface area (Å²) in [5.74, 6) is 0.732. The highest BCUT2D eigenvalue weighted by molar-refractivity contribution is 6.32. The Morgan fingerprint density at radius 1 is 1.23 bits per heavy atom. The van der Waals surface area contributed by atoms with Gasteiger partial charge in [0.15, 0.2) is 11.5 Å². The van der Waals surface area contributed by atoms with Crippen LogP contribution >= 0.6 is 11.6 Å². The Balaban J connectivity index is 1.66. The second kappa shape index (κ2) is 6.26. The molecule has 1 aliphatic rings. The summed E-state index contributed by atoms with van der Waals surface area (Å²) in [6.45, 7) is 1.98. The average molecular weight is 368 g/mol. The van der Waals surface area contributed by atoms with Gasteiger partial charge in [0.05, 0.1) is 5.52 Å². The molecule has 132 valence electrons. The number of imidazole rings is 1. The van der Waals surface area contributed by atoms with E-state index in [4.69, 9.17) is 16.6 Å². The number of anilines is 1. The highest BCUT2D eigenvalue weighted by Crippen LogP contribution is 2.33. The van der Waals surface area contributed by atoms with Crippen molar-refractivity contribution < 1.29 is 0 Å². The van der Waals surface area contributed by atoms with E-state index in [9.17, 15) is 0 Å². The molecule has 0 spiro atoms. The van der Waals surface area contributed by atoms with E-state index in [0.717, 1.165) is 54.0 Å². The standard InChI is InChI=1S/C18H18ClN7/c19-16-15(14-12-5-1-2-6-13(12)24-25-14)23-17(18-21-8-9-26(16)18)22-11-4-3-7-20-10-11/h1-2,5-6,8-9,11,20H,3-4,7,10H2,(H,22,23)(H,24,25)/t11-/m0/s1. The molecular weight excluding hydrogens is 350 g/mol. The molecule has 1 saturated heterocycles. The first-order valence-electron chi connectivity index (χ1n) is 8.74. The van der Waals surface area contributed by atoms with Crippen molar-refractivity contribution in [2.24, 2.45) is 0 Å². The molecule has 1 fully saturated rings. The Labute approximate surface area is 154 Å². The number of fused-ring (bicyclic) bond motifs is 2. The number of hydrogen-bond acceptors (Lipinski definition) is 5. The number of benzene rings is 1. The first kappa shape index (κ1) is 15.6. The molecule has 0 radical (unpaired) electrons. The SMILES string of the molecule is Clc1c(-c2n[nH]c3ccccc23)nc(N[C@H]2CCCNC2)c2nccn12. The van der Waals surface area contributed by atoms with Crippen LogP contribution in [0.5, 0.6) is 0 Å². The summed E-state index contributed by atoms with van der Waals surface area (Å²) in [5.41, 5.74) is 3.06. The van der Waals surface area contributed by atoms with Gasteiger partial charge in [-0.1, -0.05) is 29.8 Å². The van der Waals surface area contributed by atoms with Gasteiger partial charge in [0.25, 0.3) is 0 Å². The van der Waals surface area contributed by atoms with Crippen molar-refractivity contribution in [3.8, 4) is 11.4 Å². The molecule has 0 unspecified atom stereocenters. The van der Waals surface area contributed by atoms with Gasteiger partial charge in [0.2, 0.25) is 0 Å². The molecule has 3 N–H and O–H groups in total. The molecule has 1 aromatic carbocycles. The van der Waals surface area contributed by atoms with Gasteiger partial charge in [0, 0.05) is 30.4 Å². The molecule has 5 rings (SSSR count). The molecule has 3 aromatic heterocycles. The van der Waals surface area contributed by atoms with E-state index in [2.05, 4.69) is 25.8 Å². The highest BCUT2D eigenvalue weighted by atomic mass is 35.5. The van der Waals surface area contributed by atoms with Crippen molar-refractivity contribution in [1.82, 2.24) is 29.9 Å². The third-order valence-electron chi connectivity index (χ3n) is 4.82. The first-order chi connectivity index (χ1) is 12.8. The van der Waals surface area contributed by atoms with Crippen LogP contribution in [0.4, 0.5) is 5.82 Å². The Kier molecular flexibility index (Phi) is 3.76. The molecule has 7 nitrogen and oxygen atoms in total. The van der Waals surface area contributed by atoms with E-state index >= 15 is 0 Å². The van der Waals surface area contributed by atoms with E-state index < -0.39 is 0 Å². The molecule has 0 bridgehead atoms. The van der Waals surface area contributed by atoms with Gasteiger partial charge < -0.3 is 10.6 Å². The second-order valence-electron chi connectivity index (χ2n) is 6.53. The lowest BCUT2D eigenvalue weighted by atomic mass is 10.1. The maximum atomic E-state index is 6.66. The van der Waals surface area contributed by atoms with Gasteiger partial charge >= 0.3 is 0 Å². The number of aromatic amines is 1. The van der Waals surface area contributed by atoms with Crippen LogP contribution < -0.4 is 10.6 Å². The third-order valence-corrected chi connectivity index (χ3v) is 5.18. The van der Waals surface area contributed by atoms with Crippen LogP contribution in [0.1, 0.15) is 12.8 Å². The topological polar surface area (TPSA) is 82.9 Å². The fourth-order valence-electron chi connectivity index (χ4n) is 3.52. The number of hydrogen-bond donors (Lipinski definition) is 3. The van der Waals surface area contributed by atoms with Gasteiger partial charge in [-0.2, -0.15) is 5.10 Å². The van der Waals surface area contributed by atoms with Crippen molar-refractivity contribution in [3.05, 3.63) is 41.8 Å². The van der Waals surface area contributed by atoms with Crippen molar-refractivity contribution in [1.29, 1.82) is 0 Å². The van der Waals surface area contributed by atoms with Crippen LogP contribution in [0.3, 0.4) is 0 Å². The van der Waals surface area contributed by atoms with Gasteiger partial charge in [-0.3, -0.25) is 9.50 Å². The molecule has 0 aliphatic carbocycles. The number of aromatic nitrogens is 5. The van der Waals surface area contributed by atoms with Crippen LogP contribution in [0, 0.1) is 0 Å². The quantitative estimate of drug-likeness (QED) is 0.518. The van der Waals surface area contributed by atoms with Crippen LogP contribution in [0.15, 0.2) is 36.7 Å². The Bertz CT molecular complexity index is 1080. The van der Waals surface area contributed by atoms with E-state index in [1.807, 2.05) is 34.9 Å². The van der Waals surface area contributed by atoms with E-state index in [0.29, 0.717) is 16.9 Å². The molecule has 0 amide bonds. The van der Waals surface area contributed by atoms with Crippen molar-refractivity contribution >= 4 is 34.0 Å². The van der Waals surface area contributed by atoms with Gasteiger partial charge in [-0.15, -0.1) is 0 Å². The zero-order valence-corrected chi connectivity index (χ0v) is 14.8. The summed E-state index contributed by atoms with van der Waals surface area (Å²) in [7, 11) is 0. The maximum Gasteiger partial charge on any atom is 0.181 e. The Morgan fingerprint density at radius 2 is 2.15 bits per heavy atom. The molecular formula is C18H18ClN7. The minimum atomic E-state index is 0.321. The molecule has 8 heteroatoms. The highest BCUT2D eigenvalue weighted by Gasteiger charge is 2.21. The van der Waals surface area contributed by atoms with Gasteiger partial charge in [-0.05, 0) is 25.5 Å². The molecule has 4 heterocycles. The smallest absolute Gasteiger partial charge is 0.181 e. The minimum Gasteiger partial charge on any atom is -0.363 e. The number of nitrogens with one attached hydrogen (secondary N) is 3. The number of piperidine rings is 1. The minimum absolute atomic E-state index is 0.321. The van der Waals surface area contributed by atoms with Crippen molar-refractivity contribution in [2.45, 2.75) is 18.9 Å². The number of nitrogens with zero attached hydrogens (tertiary/aromatic N) is 4. The zero-order valence-electron chi connectivity index (χ0n) is 14.0. The van der Waals surface area contributed by atoms with E-state index in [1.54, 1.807) is 6.20 Å². The summed E-state index contributed by atoms with van der Waals surface area (Å²) < 4.78 is 1.85. The fraction of sp³-hybridized carbons (Fsp3) is 0.278. The summed E-state index contributed by atoms with van der Waals surface area (Å²) in [4.78, 5) is 9.26. The summed E-state index contributed by atoms with van der Waals surface area (Å²) in [6, 6.07) is 8.28. The lowest BCUT2D eigenvalue weighted by Crippen LogP contribution is -2.38. The number of rotatable bonds is 3. The largest absolute Gasteiger partial charge is 0.363 e. The molecule has 0 saturated carbocycles. The van der Waals surface area contributed by atoms with Crippen molar-refractivity contribution in [2.75, 3.05) is 18.4 Å². The predicted molar refractivity (Wildman–Crippen MR) is 103 cm³/mol. The normalized spacial score (nSPS) is 17.8. The molecule has 1 aliphatic heterocycles. The van der Waals surface area contributed by atoms with Crippen LogP contribution in [0.25, 0.3) is 27.9 Å². The Hall–Kier alpha value is -2.64. The van der Waals surface area contributed by atoms with Crippen LogP contribution in [-0.4, -0.2) is 43.7 Å². The molecule has 1 atom stereocenters. The zero-order chi connectivity index (χ0) is 17.5. The lowest BCUT2D eigenvalue weighted by molar-refractivity contribution is 0.479. The molecule has 4 aromatic rings. The maximum absolute atomic E-state index is 6.66. The Morgan fingerprint density at radius 3 is 3.04 bits per heavy atom. The lowest BCUT2D eigenvalue weighted by Gasteiger charge is -2.24. The summed E-state index contributed by atoms with van der Waals surface area (Å²) in [6.07, 6.45) is 5.83. The molecule has 26 heavy (non-hydrogen) atoms. The number of para-hydroxylation sites is 1. The third kappa shape index (κ3) is 2.51. The number of H-pyrrole nitrogens is 1. The van der Waals surface area contributed by atoms with E-state index in [1.165, 1.54) is 0 Å². The van der Waals surface area contributed by atoms with Crippen LogP contribution in [0.2, 0.25) is 5.15 Å². The summed E-state index contributed by atoms with van der Waals surface area (Å²) in [5, 5.41) is 16.0. The van der Waals surface area contributed by atoms with Crippen molar-refractivity contribution in [3.63, 3.8) is 0 Å². The van der Waals surface area contributed by atoms with E-state index in [-0.39, 0.29) is 0 Å². The fourth-order valence-corrected chi connectivity index (χ4v) is 3.79. The van der Waals surface area contributed by atoms with Gasteiger partial charge in [-0.25, -0.2) is 9.97 Å². The first-order valence-corrected chi connectivity index (χ1v) is 9.12. The predicted octanol–water partition coefficient (Wildman–Crippen LogP) is 3.09. The second-order valence-corrected chi connectivity index (χ2v) is 6.88. The average Bonchev–Trinajstić information content (AvgIpc) is 3.32. The summed E-state index contributed by atoms with van der Waals surface area (Å²) >= 11 is 6.66. The van der Waals surface area contributed by atoms with Crippen LogP contribution in [-0.2, 0) is 0 Å². The monoisotopic (exact) mass is 367 g/mol. The van der Waals surface area contributed by atoms with Gasteiger partial charge in [0.1, 0.15) is 16.5 Å².